The Kier molecular flexibility index (Phi) is 6.12. The summed E-state index contributed by atoms with van der Waals surface area (Å²) in [6.07, 6.45) is 1.18. The van der Waals surface area contributed by atoms with E-state index in [1.165, 1.54) is 23.5 Å². The second-order valence-electron chi connectivity index (χ2n) is 8.51. The fourth-order valence-corrected chi connectivity index (χ4v) is 6.05. The highest BCUT2D eigenvalue weighted by Gasteiger charge is 2.33. The lowest BCUT2D eigenvalue weighted by molar-refractivity contribution is -0.120. The maximum absolute atomic E-state index is 13.2. The van der Waals surface area contributed by atoms with Crippen LogP contribution in [0.25, 0.3) is 21.9 Å². The molecular weight excluding hydrogens is 468 g/mol. The largest absolute Gasteiger partial charge is 0.497 e. The van der Waals surface area contributed by atoms with Crippen LogP contribution in [0.5, 0.6) is 11.5 Å². The molecule has 1 aliphatic rings. The first-order chi connectivity index (χ1) is 16.9. The highest BCUT2D eigenvalue weighted by atomic mass is 32.2. The molecule has 1 aromatic heterocycles. The van der Waals surface area contributed by atoms with Crippen LogP contribution in [0.1, 0.15) is 12.8 Å². The molecule has 8 nitrogen and oxygen atoms in total. The van der Waals surface area contributed by atoms with Crippen LogP contribution < -0.4 is 14.8 Å². The van der Waals surface area contributed by atoms with Crippen molar-refractivity contribution in [3.8, 4) is 11.5 Å². The van der Waals surface area contributed by atoms with E-state index in [1.807, 2.05) is 30.3 Å². The molecule has 0 radical (unpaired) electrons. The number of sulfonamides is 1. The van der Waals surface area contributed by atoms with Gasteiger partial charge in [0.2, 0.25) is 15.9 Å². The van der Waals surface area contributed by atoms with Gasteiger partial charge in [-0.15, -0.1) is 0 Å². The topological polar surface area (TPSA) is 98.1 Å². The zero-order chi connectivity index (χ0) is 24.6. The average Bonchev–Trinajstić information content (AvgIpc) is 3.25. The van der Waals surface area contributed by atoms with Crippen molar-refractivity contribution in [1.29, 1.82) is 0 Å². The normalized spacial score (nSPS) is 16.9. The van der Waals surface area contributed by atoms with Gasteiger partial charge in [-0.25, -0.2) is 8.42 Å². The Bertz CT molecular complexity index is 1490. The van der Waals surface area contributed by atoms with E-state index >= 15 is 0 Å². The number of nitrogens with zero attached hydrogens (tertiary/aromatic N) is 1. The number of amides is 1. The number of para-hydroxylation sites is 1. The van der Waals surface area contributed by atoms with Gasteiger partial charge in [0, 0.05) is 29.9 Å². The highest BCUT2D eigenvalue weighted by Crippen LogP contribution is 2.37. The van der Waals surface area contributed by atoms with Crippen LogP contribution in [0.2, 0.25) is 0 Å². The van der Waals surface area contributed by atoms with Crippen molar-refractivity contribution in [2.45, 2.75) is 17.7 Å². The molecule has 1 N–H and O–H groups in total. The first-order valence-corrected chi connectivity index (χ1v) is 12.8. The molecule has 0 saturated carbocycles. The molecule has 1 saturated heterocycles. The van der Waals surface area contributed by atoms with Crippen molar-refractivity contribution < 1.29 is 27.1 Å². The third kappa shape index (κ3) is 4.33. The number of nitrogens with one attached hydrogen (secondary N) is 1. The van der Waals surface area contributed by atoms with Gasteiger partial charge < -0.3 is 19.2 Å². The number of ether oxygens (including phenoxy) is 2. The third-order valence-electron chi connectivity index (χ3n) is 6.41. The first-order valence-electron chi connectivity index (χ1n) is 11.3. The summed E-state index contributed by atoms with van der Waals surface area (Å²) in [7, 11) is -0.654. The number of fused-ring (bicyclic) bond motifs is 3. The van der Waals surface area contributed by atoms with E-state index in [4.69, 9.17) is 13.9 Å². The smallest absolute Gasteiger partial charge is 0.243 e. The molecule has 2 heterocycles. The number of hydrogen-bond acceptors (Lipinski definition) is 6. The quantitative estimate of drug-likeness (QED) is 0.419. The minimum absolute atomic E-state index is 0.107. The van der Waals surface area contributed by atoms with Crippen LogP contribution in [-0.4, -0.2) is 45.9 Å². The molecule has 182 valence electrons. The summed E-state index contributed by atoms with van der Waals surface area (Å²) in [4.78, 5) is 13.4. The standard InChI is InChI=1S/C26H26N2O6S/c1-32-18-9-11-19(12-10-18)35(30,31)28-13-5-6-17(16-28)26(29)27-22-15-24-21(14-25(22)33-2)20-7-3-4-8-23(20)34-24/h3-4,7-12,14-15,17H,5-6,13,16H2,1-2H3,(H,27,29). The minimum Gasteiger partial charge on any atom is -0.497 e. The summed E-state index contributed by atoms with van der Waals surface area (Å²) in [6.45, 7) is 0.474. The van der Waals surface area contributed by atoms with Gasteiger partial charge >= 0.3 is 0 Å². The van der Waals surface area contributed by atoms with Gasteiger partial charge in [-0.05, 0) is 49.2 Å². The van der Waals surface area contributed by atoms with Crippen LogP contribution in [0, 0.1) is 5.92 Å². The number of anilines is 1. The molecule has 1 unspecified atom stereocenters. The van der Waals surface area contributed by atoms with Gasteiger partial charge in [0.25, 0.3) is 0 Å². The van der Waals surface area contributed by atoms with E-state index in [1.54, 1.807) is 25.3 Å². The van der Waals surface area contributed by atoms with Gasteiger partial charge in [-0.1, -0.05) is 18.2 Å². The van der Waals surface area contributed by atoms with Crippen LogP contribution in [-0.2, 0) is 14.8 Å². The fourth-order valence-electron chi connectivity index (χ4n) is 4.52. The maximum atomic E-state index is 13.2. The van der Waals surface area contributed by atoms with Crippen molar-refractivity contribution in [3.63, 3.8) is 0 Å². The Morgan fingerprint density at radius 2 is 1.77 bits per heavy atom. The Labute approximate surface area is 203 Å². The predicted molar refractivity (Wildman–Crippen MR) is 133 cm³/mol. The maximum Gasteiger partial charge on any atom is 0.243 e. The molecule has 9 heteroatoms. The van der Waals surface area contributed by atoms with Crippen LogP contribution >= 0.6 is 0 Å². The van der Waals surface area contributed by atoms with Crippen LogP contribution in [0.3, 0.4) is 0 Å². The number of furan rings is 1. The van der Waals surface area contributed by atoms with Gasteiger partial charge in [-0.3, -0.25) is 4.79 Å². The van der Waals surface area contributed by atoms with Crippen LogP contribution in [0.4, 0.5) is 5.69 Å². The number of rotatable bonds is 6. The van der Waals surface area contributed by atoms with E-state index in [2.05, 4.69) is 5.32 Å². The van der Waals surface area contributed by atoms with Crippen molar-refractivity contribution in [1.82, 2.24) is 4.31 Å². The number of carbonyl (C=O) groups excluding carboxylic acids is 1. The summed E-state index contributed by atoms with van der Waals surface area (Å²) in [5.74, 6) is 0.340. The van der Waals surface area contributed by atoms with Crippen molar-refractivity contribution >= 4 is 43.6 Å². The van der Waals surface area contributed by atoms with E-state index in [0.717, 1.165) is 16.4 Å². The van der Waals surface area contributed by atoms with Crippen molar-refractivity contribution in [3.05, 3.63) is 60.7 Å². The molecule has 1 fully saturated rings. The van der Waals surface area contributed by atoms with E-state index in [0.29, 0.717) is 42.2 Å². The number of carbonyl (C=O) groups is 1. The fraction of sp³-hybridized carbons (Fsp3) is 0.269. The monoisotopic (exact) mass is 494 g/mol. The number of piperidine rings is 1. The van der Waals surface area contributed by atoms with E-state index < -0.39 is 15.9 Å². The molecule has 1 aliphatic heterocycles. The average molecular weight is 495 g/mol. The Balaban J connectivity index is 1.37. The summed E-state index contributed by atoms with van der Waals surface area (Å²) in [5.41, 5.74) is 1.87. The lowest BCUT2D eigenvalue weighted by Crippen LogP contribution is -2.43. The third-order valence-corrected chi connectivity index (χ3v) is 8.29. The minimum atomic E-state index is -3.72. The number of benzene rings is 3. The lowest BCUT2D eigenvalue weighted by Gasteiger charge is -2.31. The second kappa shape index (κ2) is 9.24. The molecule has 1 atom stereocenters. The van der Waals surface area contributed by atoms with Gasteiger partial charge in [0.05, 0.1) is 30.7 Å². The van der Waals surface area contributed by atoms with E-state index in [9.17, 15) is 13.2 Å². The predicted octanol–water partition coefficient (Wildman–Crippen LogP) is 4.64. The molecular formula is C26H26N2O6S. The lowest BCUT2D eigenvalue weighted by atomic mass is 9.98. The molecule has 1 amide bonds. The number of hydrogen-bond donors (Lipinski definition) is 1. The van der Waals surface area contributed by atoms with Gasteiger partial charge in [0.1, 0.15) is 22.7 Å². The summed E-state index contributed by atoms with van der Waals surface area (Å²) >= 11 is 0. The Morgan fingerprint density at radius 1 is 1.00 bits per heavy atom. The second-order valence-corrected chi connectivity index (χ2v) is 10.5. The molecule has 35 heavy (non-hydrogen) atoms. The zero-order valence-electron chi connectivity index (χ0n) is 19.5. The zero-order valence-corrected chi connectivity index (χ0v) is 20.3. The van der Waals surface area contributed by atoms with Crippen LogP contribution in [0.15, 0.2) is 70.0 Å². The Morgan fingerprint density at radius 3 is 2.51 bits per heavy atom. The highest BCUT2D eigenvalue weighted by molar-refractivity contribution is 7.89. The van der Waals surface area contributed by atoms with Gasteiger partial charge in [0.15, 0.2) is 0 Å². The molecule has 3 aromatic carbocycles. The molecule has 0 bridgehead atoms. The molecule has 5 rings (SSSR count). The number of methoxy groups -OCH3 is 2. The molecule has 0 spiro atoms. The van der Waals surface area contributed by atoms with Crippen molar-refractivity contribution in [2.24, 2.45) is 5.92 Å². The summed E-state index contributed by atoms with van der Waals surface area (Å²) < 4.78 is 44.3. The molecule has 4 aromatic rings. The van der Waals surface area contributed by atoms with Crippen molar-refractivity contribution in [2.75, 3.05) is 32.6 Å². The van der Waals surface area contributed by atoms with Gasteiger partial charge in [-0.2, -0.15) is 4.31 Å². The Hall–Kier alpha value is -3.56. The van der Waals surface area contributed by atoms with E-state index in [-0.39, 0.29) is 17.3 Å². The SMILES string of the molecule is COc1ccc(S(=O)(=O)N2CCCC(C(=O)Nc3cc4oc5ccccc5c4cc3OC)C2)cc1. The first kappa shape index (κ1) is 23.2. The summed E-state index contributed by atoms with van der Waals surface area (Å²) in [6, 6.07) is 17.6. The molecule has 0 aliphatic carbocycles. The summed E-state index contributed by atoms with van der Waals surface area (Å²) in [5, 5.41) is 4.79.